The van der Waals surface area contributed by atoms with Gasteiger partial charge >= 0.3 is 0 Å². The van der Waals surface area contributed by atoms with Crippen LogP contribution >= 0.6 is 23.8 Å². The molecule has 0 saturated carbocycles. The summed E-state index contributed by atoms with van der Waals surface area (Å²) < 4.78 is 26.2. The molecule has 1 N–H and O–H groups in total. The number of halogens is 3. The Morgan fingerprint density at radius 1 is 1.00 bits per heavy atom. The van der Waals surface area contributed by atoms with Gasteiger partial charge in [0.1, 0.15) is 11.6 Å². The van der Waals surface area contributed by atoms with Crippen LogP contribution in [0, 0.1) is 11.6 Å². The Kier molecular flexibility index (Phi) is 5.16. The quantitative estimate of drug-likeness (QED) is 0.804. The number of anilines is 2. The second-order valence-electron chi connectivity index (χ2n) is 5.51. The van der Waals surface area contributed by atoms with Crippen LogP contribution in [-0.4, -0.2) is 36.2 Å². The number of hydrogen-bond donors (Lipinski definition) is 1. The van der Waals surface area contributed by atoms with Gasteiger partial charge in [-0.3, -0.25) is 0 Å². The molecule has 3 nitrogen and oxygen atoms in total. The van der Waals surface area contributed by atoms with Gasteiger partial charge in [0.15, 0.2) is 5.11 Å². The third-order valence-electron chi connectivity index (χ3n) is 3.93. The molecule has 1 aliphatic heterocycles. The van der Waals surface area contributed by atoms with Gasteiger partial charge in [-0.15, -0.1) is 0 Å². The molecule has 0 aromatic heterocycles. The zero-order valence-corrected chi connectivity index (χ0v) is 14.4. The first-order chi connectivity index (χ1) is 11.5. The van der Waals surface area contributed by atoms with E-state index in [-0.39, 0.29) is 10.8 Å². The molecule has 1 fully saturated rings. The van der Waals surface area contributed by atoms with E-state index in [2.05, 4.69) is 10.2 Å². The fraction of sp³-hybridized carbons (Fsp3) is 0.235. The van der Waals surface area contributed by atoms with E-state index in [1.54, 1.807) is 18.2 Å². The molecule has 0 radical (unpaired) electrons. The molecule has 2 aromatic rings. The zero-order chi connectivity index (χ0) is 17.1. The number of thiocarbonyl (C=S) groups is 1. The van der Waals surface area contributed by atoms with Crippen LogP contribution in [0.25, 0.3) is 0 Å². The van der Waals surface area contributed by atoms with E-state index in [4.69, 9.17) is 23.8 Å². The summed E-state index contributed by atoms with van der Waals surface area (Å²) in [6.45, 7) is 3.07. The van der Waals surface area contributed by atoms with E-state index in [1.165, 1.54) is 24.3 Å². The Morgan fingerprint density at radius 3 is 2.29 bits per heavy atom. The molecule has 1 saturated heterocycles. The van der Waals surface area contributed by atoms with Crippen LogP contribution in [0.4, 0.5) is 20.2 Å². The first-order valence-electron chi connectivity index (χ1n) is 7.54. The van der Waals surface area contributed by atoms with E-state index in [9.17, 15) is 8.78 Å². The second-order valence-corrected chi connectivity index (χ2v) is 6.30. The van der Waals surface area contributed by atoms with Gasteiger partial charge in [0, 0.05) is 37.6 Å². The highest BCUT2D eigenvalue weighted by atomic mass is 35.5. The van der Waals surface area contributed by atoms with Gasteiger partial charge < -0.3 is 15.1 Å². The van der Waals surface area contributed by atoms with Crippen molar-refractivity contribution in [2.24, 2.45) is 0 Å². The number of benzene rings is 2. The predicted octanol–water partition coefficient (Wildman–Crippen LogP) is 4.14. The van der Waals surface area contributed by atoms with Gasteiger partial charge in [0.2, 0.25) is 0 Å². The lowest BCUT2D eigenvalue weighted by Gasteiger charge is -2.37. The maximum Gasteiger partial charge on any atom is 0.173 e. The van der Waals surface area contributed by atoms with Crippen molar-refractivity contribution in [1.29, 1.82) is 0 Å². The Hall–Kier alpha value is -1.92. The largest absolute Gasteiger partial charge is 0.368 e. The third kappa shape index (κ3) is 3.94. The molecule has 0 amide bonds. The molecular formula is C17H16ClF2N3S. The van der Waals surface area contributed by atoms with Gasteiger partial charge in [-0.05, 0) is 54.7 Å². The number of hydrogen-bond acceptors (Lipinski definition) is 2. The zero-order valence-electron chi connectivity index (χ0n) is 12.8. The molecule has 0 spiro atoms. The number of rotatable bonds is 2. The molecule has 0 aliphatic carbocycles. The smallest absolute Gasteiger partial charge is 0.173 e. The maximum absolute atomic E-state index is 13.2. The van der Waals surface area contributed by atoms with Gasteiger partial charge in [-0.25, -0.2) is 8.78 Å². The number of piperazine rings is 1. The molecule has 2 aromatic carbocycles. The highest BCUT2D eigenvalue weighted by molar-refractivity contribution is 7.80. The van der Waals surface area contributed by atoms with Crippen LogP contribution in [0.1, 0.15) is 0 Å². The third-order valence-corrected chi connectivity index (χ3v) is 4.58. The Labute approximate surface area is 149 Å². The average Bonchev–Trinajstić information content (AvgIpc) is 2.59. The first kappa shape index (κ1) is 16.9. The first-order valence-corrected chi connectivity index (χ1v) is 8.33. The SMILES string of the molecule is Fc1ccc(N2CCN(C(=S)Nc3ccc(F)c(Cl)c3)CC2)cc1. The van der Waals surface area contributed by atoms with E-state index in [0.717, 1.165) is 31.9 Å². The van der Waals surface area contributed by atoms with E-state index >= 15 is 0 Å². The fourth-order valence-electron chi connectivity index (χ4n) is 2.60. The Morgan fingerprint density at radius 2 is 1.67 bits per heavy atom. The molecular weight excluding hydrogens is 352 g/mol. The van der Waals surface area contributed by atoms with Gasteiger partial charge in [-0.2, -0.15) is 0 Å². The predicted molar refractivity (Wildman–Crippen MR) is 97.8 cm³/mol. The highest BCUT2D eigenvalue weighted by Crippen LogP contribution is 2.21. The van der Waals surface area contributed by atoms with Crippen molar-refractivity contribution in [1.82, 2.24) is 4.90 Å². The minimum absolute atomic E-state index is 0.0592. The molecule has 0 unspecified atom stereocenters. The number of nitrogens with one attached hydrogen (secondary N) is 1. The van der Waals surface area contributed by atoms with Crippen molar-refractivity contribution in [3.8, 4) is 0 Å². The Balaban J connectivity index is 1.56. The Bertz CT molecular complexity index is 731. The summed E-state index contributed by atoms with van der Waals surface area (Å²) in [4.78, 5) is 4.24. The average molecular weight is 368 g/mol. The van der Waals surface area contributed by atoms with Crippen molar-refractivity contribution in [3.05, 3.63) is 59.1 Å². The summed E-state index contributed by atoms with van der Waals surface area (Å²) in [6.07, 6.45) is 0. The monoisotopic (exact) mass is 367 g/mol. The lowest BCUT2D eigenvalue weighted by Crippen LogP contribution is -2.50. The molecule has 126 valence electrons. The summed E-state index contributed by atoms with van der Waals surface area (Å²) in [7, 11) is 0. The van der Waals surface area contributed by atoms with Crippen molar-refractivity contribution < 1.29 is 8.78 Å². The summed E-state index contributed by atoms with van der Waals surface area (Å²) in [5.74, 6) is -0.693. The summed E-state index contributed by atoms with van der Waals surface area (Å²) >= 11 is 11.2. The van der Waals surface area contributed by atoms with Crippen LogP contribution in [0.3, 0.4) is 0 Å². The van der Waals surface area contributed by atoms with Crippen LogP contribution in [-0.2, 0) is 0 Å². The lowest BCUT2D eigenvalue weighted by molar-refractivity contribution is 0.391. The summed E-state index contributed by atoms with van der Waals surface area (Å²) in [6, 6.07) is 10.9. The van der Waals surface area contributed by atoms with E-state index in [0.29, 0.717) is 10.8 Å². The van der Waals surface area contributed by atoms with Crippen LogP contribution in [0.2, 0.25) is 5.02 Å². The standard InChI is InChI=1S/C17H16ClF2N3S/c18-15-11-13(3-6-16(15)20)21-17(24)23-9-7-22(8-10-23)14-4-1-12(19)2-5-14/h1-6,11H,7-10H2,(H,21,24). The minimum atomic E-state index is -0.457. The molecule has 1 heterocycles. The van der Waals surface area contributed by atoms with Crippen molar-refractivity contribution in [2.45, 2.75) is 0 Å². The van der Waals surface area contributed by atoms with Crippen LogP contribution in [0.5, 0.6) is 0 Å². The normalized spacial score (nSPS) is 14.6. The molecule has 0 atom stereocenters. The maximum atomic E-state index is 13.2. The lowest BCUT2D eigenvalue weighted by atomic mass is 10.2. The van der Waals surface area contributed by atoms with Gasteiger partial charge in [-0.1, -0.05) is 11.6 Å². The molecule has 24 heavy (non-hydrogen) atoms. The molecule has 7 heteroatoms. The summed E-state index contributed by atoms with van der Waals surface area (Å²) in [5.41, 5.74) is 1.66. The van der Waals surface area contributed by atoms with Crippen LogP contribution < -0.4 is 10.2 Å². The van der Waals surface area contributed by atoms with E-state index < -0.39 is 5.82 Å². The second kappa shape index (κ2) is 7.32. The van der Waals surface area contributed by atoms with Crippen molar-refractivity contribution in [2.75, 3.05) is 36.4 Å². The summed E-state index contributed by atoms with van der Waals surface area (Å²) in [5, 5.41) is 3.72. The minimum Gasteiger partial charge on any atom is -0.368 e. The molecule has 1 aliphatic rings. The van der Waals surface area contributed by atoms with Crippen molar-refractivity contribution in [3.63, 3.8) is 0 Å². The van der Waals surface area contributed by atoms with E-state index in [1.807, 2.05) is 4.90 Å². The molecule has 3 rings (SSSR count). The molecule has 0 bridgehead atoms. The number of nitrogens with zero attached hydrogens (tertiary/aromatic N) is 2. The van der Waals surface area contributed by atoms with Crippen molar-refractivity contribution >= 4 is 40.3 Å². The fourth-order valence-corrected chi connectivity index (χ4v) is 3.08. The van der Waals surface area contributed by atoms with Gasteiger partial charge in [0.05, 0.1) is 5.02 Å². The highest BCUT2D eigenvalue weighted by Gasteiger charge is 2.19. The topological polar surface area (TPSA) is 18.5 Å². The van der Waals surface area contributed by atoms with Crippen LogP contribution in [0.15, 0.2) is 42.5 Å². The van der Waals surface area contributed by atoms with Gasteiger partial charge in [0.25, 0.3) is 0 Å².